The van der Waals surface area contributed by atoms with Crippen molar-refractivity contribution in [3.63, 3.8) is 0 Å². The maximum atomic E-state index is 4.56. The van der Waals surface area contributed by atoms with Crippen LogP contribution in [-0.2, 0) is 0 Å². The molecule has 0 saturated carbocycles. The molecule has 102 heavy (non-hydrogen) atoms. The van der Waals surface area contributed by atoms with Crippen LogP contribution in [0.5, 0.6) is 0 Å². The summed E-state index contributed by atoms with van der Waals surface area (Å²) >= 11 is 0. The van der Waals surface area contributed by atoms with Crippen LogP contribution in [0.3, 0.4) is 0 Å². The largest absolute Gasteiger partial charge is 0.309 e. The highest BCUT2D eigenvalue weighted by molar-refractivity contribution is 6.11. The normalized spacial score (nSPS) is 10.9. The van der Waals surface area contributed by atoms with Gasteiger partial charge in [-0.1, -0.05) is 180 Å². The van der Waals surface area contributed by atoms with Gasteiger partial charge in [-0.05, 0) is 169 Å². The Bertz CT molecular complexity index is 5930. The molecule has 19 rings (SSSR count). The lowest BCUT2D eigenvalue weighted by molar-refractivity contribution is 1.08. The van der Waals surface area contributed by atoms with Gasteiger partial charge in [0.25, 0.3) is 0 Å². The summed E-state index contributed by atoms with van der Waals surface area (Å²) in [6, 6.07) is 93.5. The monoisotopic (exact) mass is 1320 g/mol. The van der Waals surface area contributed by atoms with Crippen LogP contribution in [-0.4, -0.2) is 58.6 Å². The molecule has 12 nitrogen and oxygen atoms in total. The van der Waals surface area contributed by atoms with Crippen molar-refractivity contribution in [2.75, 3.05) is 0 Å². The first kappa shape index (κ1) is 66.1. The van der Waals surface area contributed by atoms with Gasteiger partial charge in [0.15, 0.2) is 0 Å². The predicted molar refractivity (Wildman–Crippen MR) is 421 cm³/mol. The highest BCUT2D eigenvalue weighted by Gasteiger charge is 2.16. The first-order chi connectivity index (χ1) is 50.0. The molecule has 0 unspecified atom stereocenters. The molecule has 0 amide bonds. The number of hydrogen-bond donors (Lipinski definition) is 0. The summed E-state index contributed by atoms with van der Waals surface area (Å²) in [4.78, 5) is 39.3. The average Bonchev–Trinajstić information content (AvgIpc) is 1.61. The number of fused-ring (bicyclic) bond motifs is 11. The van der Waals surface area contributed by atoms with Crippen LogP contribution in [0.1, 0.15) is 39.5 Å². The van der Waals surface area contributed by atoms with Gasteiger partial charge in [0.05, 0.1) is 55.5 Å². The summed E-state index contributed by atoms with van der Waals surface area (Å²) in [5.41, 5.74) is 21.0. The van der Waals surface area contributed by atoms with Crippen LogP contribution in [0.15, 0.2) is 323 Å². The minimum absolute atomic E-state index is 0.808. The molecule has 12 heteroatoms. The van der Waals surface area contributed by atoms with Crippen molar-refractivity contribution in [2.45, 2.75) is 48.5 Å². The third kappa shape index (κ3) is 14.5. The molecule has 0 aliphatic heterocycles. The molecule has 19 aromatic rings. The van der Waals surface area contributed by atoms with Crippen LogP contribution in [0.25, 0.3) is 127 Å². The zero-order valence-electron chi connectivity index (χ0n) is 58.0. The molecular formula is C90H74N12. The quantitative estimate of drug-likeness (QED) is 0.165. The van der Waals surface area contributed by atoms with Crippen molar-refractivity contribution in [3.05, 3.63) is 362 Å². The van der Waals surface area contributed by atoms with Crippen LogP contribution >= 0.6 is 0 Å². The number of pyridine rings is 5. The Labute approximate surface area is 592 Å². The summed E-state index contributed by atoms with van der Waals surface area (Å²) < 4.78 is 6.73. The van der Waals surface area contributed by atoms with Crippen molar-refractivity contribution < 1.29 is 0 Å². The van der Waals surface area contributed by atoms with E-state index in [1.165, 1.54) is 88.1 Å². The summed E-state index contributed by atoms with van der Waals surface area (Å²) in [5, 5.41) is 9.61. The van der Waals surface area contributed by atoms with Crippen molar-refractivity contribution in [1.29, 1.82) is 0 Å². The number of rotatable bonds is 5. The second-order valence-electron chi connectivity index (χ2n) is 25.2. The van der Waals surface area contributed by atoms with E-state index in [1.54, 1.807) is 0 Å². The van der Waals surface area contributed by atoms with E-state index in [2.05, 4.69) is 232 Å². The van der Waals surface area contributed by atoms with Gasteiger partial charge < -0.3 is 4.57 Å². The number of para-hydroxylation sites is 3. The molecule has 0 N–H and O–H groups in total. The number of aromatic nitrogens is 12. The molecule has 0 spiro atoms. The number of aryl methyl sites for hydroxylation is 7. The average molecular weight is 1320 g/mol. The zero-order chi connectivity index (χ0) is 69.9. The summed E-state index contributed by atoms with van der Waals surface area (Å²) in [6.07, 6.45) is 15.0. The van der Waals surface area contributed by atoms with Gasteiger partial charge in [0.2, 0.25) is 0 Å². The van der Waals surface area contributed by atoms with Gasteiger partial charge >= 0.3 is 0 Å². The van der Waals surface area contributed by atoms with E-state index < -0.39 is 0 Å². The Hall–Kier alpha value is -13.2. The van der Waals surface area contributed by atoms with E-state index in [9.17, 15) is 0 Å². The molecular weight excluding hydrogens is 1250 g/mol. The lowest BCUT2D eigenvalue weighted by atomic mass is 10.1. The zero-order valence-corrected chi connectivity index (χ0v) is 58.0. The highest BCUT2D eigenvalue weighted by atomic mass is 15.1. The fourth-order valence-corrected chi connectivity index (χ4v) is 12.9. The smallest absolute Gasteiger partial charge is 0.137 e. The lowest BCUT2D eigenvalue weighted by Gasteiger charge is -2.08. The van der Waals surface area contributed by atoms with E-state index >= 15 is 0 Å². The maximum absolute atomic E-state index is 4.56. The summed E-state index contributed by atoms with van der Waals surface area (Å²) in [6.45, 7) is 14.4. The van der Waals surface area contributed by atoms with Crippen LogP contribution in [0.2, 0.25) is 0 Å². The summed E-state index contributed by atoms with van der Waals surface area (Å²) in [5.74, 6) is 3.52. The second-order valence-corrected chi connectivity index (χ2v) is 25.2. The first-order valence-electron chi connectivity index (χ1n) is 34.0. The van der Waals surface area contributed by atoms with Crippen LogP contribution < -0.4 is 0 Å². The van der Waals surface area contributed by atoms with Gasteiger partial charge in [-0.2, -0.15) is 0 Å². The standard InChI is InChI=1S/C19H16N2.C18H14N2.C17H13N3.C15H12N2.C12H11N.C9H8N2/c1-13-4-3-5-15(10-13)21-18-7-6-14(2)11-16(18)17-12-20-9-8-19(17)21;1-13-9-10-17-15(12-13)14-6-2-3-7-16(14)20(17)18-8-4-5-11-19-18;1-12-5-6-15-13(10-12)14-11-18-9-7-16(14)20(15)17-4-2-3-8-19-17;1-11-16-14-10-6-5-9-13(14)15(17-11)12-7-3-2-4-8-12;1-10-7-8-12(13-9-10)11-5-3-2-4-6-11;1-7-10-6-8-4-2-3-5-9(8)11-7/h3-12H,1-2H3;2-12H,1H3;2-11H,1H3;2-10H,1H3;2-9H,1H3;2-6H,1H3. The minimum Gasteiger partial charge on any atom is -0.309 e. The van der Waals surface area contributed by atoms with E-state index in [-0.39, 0.29) is 0 Å². The van der Waals surface area contributed by atoms with Crippen molar-refractivity contribution in [2.24, 2.45) is 0 Å². The third-order valence-electron chi connectivity index (χ3n) is 17.6. The maximum Gasteiger partial charge on any atom is 0.137 e. The van der Waals surface area contributed by atoms with Gasteiger partial charge in [-0.25, -0.2) is 29.9 Å². The predicted octanol–water partition coefficient (Wildman–Crippen LogP) is 21.8. The van der Waals surface area contributed by atoms with Crippen molar-refractivity contribution in [1.82, 2.24) is 58.6 Å². The van der Waals surface area contributed by atoms with Crippen molar-refractivity contribution in [3.8, 4) is 39.8 Å². The van der Waals surface area contributed by atoms with E-state index in [4.69, 9.17) is 0 Å². The van der Waals surface area contributed by atoms with Gasteiger partial charge in [0.1, 0.15) is 23.3 Å². The topological polar surface area (TPSA) is 131 Å². The van der Waals surface area contributed by atoms with Crippen LogP contribution in [0, 0.1) is 48.5 Å². The highest BCUT2D eigenvalue weighted by Crippen LogP contribution is 2.35. The molecule has 0 bridgehead atoms. The molecule has 10 heterocycles. The van der Waals surface area contributed by atoms with Crippen molar-refractivity contribution >= 4 is 87.2 Å². The molecule has 0 aliphatic carbocycles. The van der Waals surface area contributed by atoms with Gasteiger partial charge in [-0.3, -0.25) is 24.1 Å². The molecule has 0 saturated heterocycles. The minimum atomic E-state index is 0.808. The number of nitrogens with zero attached hydrogens (tertiary/aromatic N) is 12. The lowest BCUT2D eigenvalue weighted by Crippen LogP contribution is -1.96. The third-order valence-corrected chi connectivity index (χ3v) is 17.6. The fraction of sp³-hybridized carbons (Fsp3) is 0.0778. The van der Waals surface area contributed by atoms with E-state index in [0.29, 0.717) is 0 Å². The molecule has 0 atom stereocenters. The van der Waals surface area contributed by atoms with E-state index in [1.807, 2.05) is 198 Å². The number of benzene rings is 9. The Kier molecular flexibility index (Phi) is 19.6. The second kappa shape index (κ2) is 30.3. The Morgan fingerprint density at radius 1 is 0.255 bits per heavy atom. The Morgan fingerprint density at radius 2 is 0.735 bits per heavy atom. The SMILES string of the molecule is Cc1ccc(-c2ccccc2)nc1.Cc1ccc2c(c1)c1ccccc1n2-c1ccccn1.Cc1ccc2c(c1)c1cnccc1n2-c1ccccn1.Cc1cccc(-n2c3ccncc3c3cc(C)ccc32)c1.Cc1nc(-c2ccccc2)c2ccccc2n1.Cc1ncc2ccccc2n1. The number of hydrogen-bond acceptors (Lipinski definition) is 9. The summed E-state index contributed by atoms with van der Waals surface area (Å²) in [7, 11) is 0. The molecule has 494 valence electrons. The molecule has 10 aromatic heterocycles. The van der Waals surface area contributed by atoms with Crippen LogP contribution in [0.4, 0.5) is 0 Å². The Morgan fingerprint density at radius 3 is 1.32 bits per heavy atom. The van der Waals surface area contributed by atoms with E-state index in [0.717, 1.165) is 78.5 Å². The molecule has 0 fully saturated rings. The molecule has 0 radical (unpaired) electrons. The van der Waals surface area contributed by atoms with Gasteiger partial charge in [-0.15, -0.1) is 0 Å². The fourth-order valence-electron chi connectivity index (χ4n) is 12.9. The molecule has 9 aromatic carbocycles. The first-order valence-corrected chi connectivity index (χ1v) is 34.0. The van der Waals surface area contributed by atoms with Gasteiger partial charge in [0, 0.05) is 109 Å². The molecule has 0 aliphatic rings. The Balaban J connectivity index is 0.000000105.